The molecule has 0 amide bonds. The summed E-state index contributed by atoms with van der Waals surface area (Å²) in [6, 6.07) is 7.53. The van der Waals surface area contributed by atoms with E-state index in [4.69, 9.17) is 10.6 Å². The van der Waals surface area contributed by atoms with E-state index >= 15 is 0 Å². The summed E-state index contributed by atoms with van der Waals surface area (Å²) >= 11 is 3.41. The zero-order chi connectivity index (χ0) is 13.1. The summed E-state index contributed by atoms with van der Waals surface area (Å²) in [6.45, 7) is 3.82. The highest BCUT2D eigenvalue weighted by atomic mass is 79.9. The van der Waals surface area contributed by atoms with Gasteiger partial charge in [0.15, 0.2) is 0 Å². The molecule has 6 heteroatoms. The Labute approximate surface area is 113 Å². The molecule has 3 N–H and O–H groups in total. The third-order valence-corrected chi connectivity index (χ3v) is 2.80. The molecule has 18 heavy (non-hydrogen) atoms. The van der Waals surface area contributed by atoms with E-state index in [9.17, 15) is 0 Å². The van der Waals surface area contributed by atoms with E-state index in [0.717, 1.165) is 21.5 Å². The number of hydrazine groups is 1. The number of halogens is 1. The van der Waals surface area contributed by atoms with Crippen LogP contribution in [-0.4, -0.2) is 9.97 Å². The number of hydrogen-bond donors (Lipinski definition) is 2. The monoisotopic (exact) mass is 308 g/mol. The van der Waals surface area contributed by atoms with Gasteiger partial charge in [-0.1, -0.05) is 15.9 Å². The molecule has 0 saturated heterocycles. The van der Waals surface area contributed by atoms with E-state index < -0.39 is 0 Å². The predicted octanol–water partition coefficient (Wildman–Crippen LogP) is 2.93. The maximum Gasteiger partial charge on any atom is 0.240 e. The molecule has 1 heterocycles. The van der Waals surface area contributed by atoms with E-state index in [2.05, 4.69) is 31.3 Å². The molecule has 0 aliphatic rings. The topological polar surface area (TPSA) is 73.1 Å². The summed E-state index contributed by atoms with van der Waals surface area (Å²) in [7, 11) is 0. The predicted molar refractivity (Wildman–Crippen MR) is 73.5 cm³/mol. The van der Waals surface area contributed by atoms with Crippen molar-refractivity contribution in [2.75, 3.05) is 5.43 Å². The average molecular weight is 309 g/mol. The van der Waals surface area contributed by atoms with Gasteiger partial charge in [0.25, 0.3) is 0 Å². The van der Waals surface area contributed by atoms with E-state index in [1.807, 2.05) is 32.0 Å². The maximum atomic E-state index is 5.72. The Morgan fingerprint density at radius 3 is 2.67 bits per heavy atom. The van der Waals surface area contributed by atoms with E-state index in [-0.39, 0.29) is 0 Å². The summed E-state index contributed by atoms with van der Waals surface area (Å²) in [4.78, 5) is 8.23. The van der Waals surface area contributed by atoms with Crippen molar-refractivity contribution in [3.8, 4) is 11.6 Å². The minimum atomic E-state index is 0.333. The van der Waals surface area contributed by atoms with Gasteiger partial charge in [-0.05, 0) is 37.6 Å². The van der Waals surface area contributed by atoms with Crippen LogP contribution in [0.4, 0.5) is 5.95 Å². The molecule has 2 rings (SSSR count). The van der Waals surface area contributed by atoms with Gasteiger partial charge in [-0.3, -0.25) is 5.43 Å². The fraction of sp³-hybridized carbons (Fsp3) is 0.167. The number of benzene rings is 1. The van der Waals surface area contributed by atoms with Crippen molar-refractivity contribution in [2.45, 2.75) is 13.8 Å². The molecule has 5 nitrogen and oxygen atoms in total. The van der Waals surface area contributed by atoms with Crippen LogP contribution >= 0.6 is 15.9 Å². The average Bonchev–Trinajstić information content (AvgIpc) is 2.32. The summed E-state index contributed by atoms with van der Waals surface area (Å²) < 4.78 is 6.73. The molecular weight excluding hydrogens is 296 g/mol. The SMILES string of the molecule is Cc1cc(Oc2ccc(Br)cc2C)nc(NN)n1. The lowest BCUT2D eigenvalue weighted by molar-refractivity contribution is 0.458. The molecule has 1 aromatic carbocycles. The molecule has 0 atom stereocenters. The largest absolute Gasteiger partial charge is 0.439 e. The van der Waals surface area contributed by atoms with Crippen LogP contribution in [0, 0.1) is 13.8 Å². The second kappa shape index (κ2) is 5.32. The number of aromatic nitrogens is 2. The Balaban J connectivity index is 2.30. The normalized spacial score (nSPS) is 10.2. The van der Waals surface area contributed by atoms with Crippen molar-refractivity contribution in [3.63, 3.8) is 0 Å². The number of nitrogen functional groups attached to an aromatic ring is 1. The molecule has 0 saturated carbocycles. The number of nitrogens with two attached hydrogens (primary N) is 1. The number of hydrogen-bond acceptors (Lipinski definition) is 5. The molecule has 0 unspecified atom stereocenters. The quantitative estimate of drug-likeness (QED) is 0.673. The number of nitrogens with one attached hydrogen (secondary N) is 1. The summed E-state index contributed by atoms with van der Waals surface area (Å²) in [6.07, 6.45) is 0. The summed E-state index contributed by atoms with van der Waals surface area (Å²) in [5.74, 6) is 6.84. The number of nitrogens with zero attached hydrogens (tertiary/aromatic N) is 2. The molecule has 0 aliphatic carbocycles. The minimum absolute atomic E-state index is 0.333. The molecule has 0 fully saturated rings. The van der Waals surface area contributed by atoms with Crippen molar-refractivity contribution in [3.05, 3.63) is 40.0 Å². The van der Waals surface area contributed by atoms with Crippen LogP contribution in [0.2, 0.25) is 0 Å². The fourth-order valence-electron chi connectivity index (χ4n) is 1.50. The maximum absolute atomic E-state index is 5.72. The summed E-state index contributed by atoms with van der Waals surface area (Å²) in [5, 5.41) is 0. The number of rotatable bonds is 3. The second-order valence-electron chi connectivity index (χ2n) is 3.83. The molecule has 0 spiro atoms. The zero-order valence-corrected chi connectivity index (χ0v) is 11.7. The minimum Gasteiger partial charge on any atom is -0.439 e. The molecule has 2 aromatic rings. The van der Waals surface area contributed by atoms with Crippen LogP contribution in [-0.2, 0) is 0 Å². The van der Waals surface area contributed by atoms with Gasteiger partial charge in [-0.2, -0.15) is 4.98 Å². The van der Waals surface area contributed by atoms with E-state index in [1.165, 1.54) is 0 Å². The second-order valence-corrected chi connectivity index (χ2v) is 4.74. The van der Waals surface area contributed by atoms with Gasteiger partial charge in [0.05, 0.1) is 0 Å². The van der Waals surface area contributed by atoms with Gasteiger partial charge < -0.3 is 4.74 Å². The molecule has 0 radical (unpaired) electrons. The highest BCUT2D eigenvalue weighted by Crippen LogP contribution is 2.26. The number of anilines is 1. The Bertz CT molecular complexity index is 574. The lowest BCUT2D eigenvalue weighted by Gasteiger charge is -2.09. The highest BCUT2D eigenvalue weighted by molar-refractivity contribution is 9.10. The number of aryl methyl sites for hydroxylation is 2. The lowest BCUT2D eigenvalue weighted by atomic mass is 10.2. The van der Waals surface area contributed by atoms with Crippen LogP contribution < -0.4 is 16.0 Å². The van der Waals surface area contributed by atoms with Gasteiger partial charge in [-0.25, -0.2) is 10.8 Å². The number of ether oxygens (including phenoxy) is 1. The third-order valence-electron chi connectivity index (χ3n) is 2.31. The molecule has 0 bridgehead atoms. The van der Waals surface area contributed by atoms with Crippen molar-refractivity contribution in [1.29, 1.82) is 0 Å². The smallest absolute Gasteiger partial charge is 0.240 e. The van der Waals surface area contributed by atoms with Crippen LogP contribution in [0.1, 0.15) is 11.3 Å². The van der Waals surface area contributed by atoms with Crippen LogP contribution in [0.5, 0.6) is 11.6 Å². The molecular formula is C12H13BrN4O. The molecule has 0 aliphatic heterocycles. The lowest BCUT2D eigenvalue weighted by Crippen LogP contribution is -2.11. The summed E-state index contributed by atoms with van der Waals surface area (Å²) in [5.41, 5.74) is 4.20. The van der Waals surface area contributed by atoms with Gasteiger partial charge in [0.1, 0.15) is 5.75 Å². The van der Waals surface area contributed by atoms with E-state index in [1.54, 1.807) is 6.07 Å². The van der Waals surface area contributed by atoms with Gasteiger partial charge in [-0.15, -0.1) is 0 Å². The Hall–Kier alpha value is -1.66. The van der Waals surface area contributed by atoms with Gasteiger partial charge in [0, 0.05) is 16.2 Å². The van der Waals surface area contributed by atoms with Crippen LogP contribution in [0.25, 0.3) is 0 Å². The van der Waals surface area contributed by atoms with Crippen molar-refractivity contribution in [1.82, 2.24) is 9.97 Å². The van der Waals surface area contributed by atoms with Crippen LogP contribution in [0.15, 0.2) is 28.7 Å². The molecule has 1 aromatic heterocycles. The Morgan fingerprint density at radius 2 is 2.00 bits per heavy atom. The van der Waals surface area contributed by atoms with Crippen molar-refractivity contribution in [2.24, 2.45) is 5.84 Å². The Morgan fingerprint density at radius 1 is 1.22 bits per heavy atom. The van der Waals surface area contributed by atoms with E-state index in [0.29, 0.717) is 11.8 Å². The first-order valence-corrected chi connectivity index (χ1v) is 6.14. The molecule has 94 valence electrons. The van der Waals surface area contributed by atoms with Gasteiger partial charge >= 0.3 is 0 Å². The highest BCUT2D eigenvalue weighted by Gasteiger charge is 2.06. The standard InChI is InChI=1S/C12H13BrN4O/c1-7-5-9(13)3-4-10(7)18-11-6-8(2)15-12(16-11)17-14/h3-6H,14H2,1-2H3,(H,15,16,17). The fourth-order valence-corrected chi connectivity index (χ4v) is 1.97. The first-order valence-electron chi connectivity index (χ1n) is 5.35. The van der Waals surface area contributed by atoms with Crippen molar-refractivity contribution >= 4 is 21.9 Å². The first kappa shape index (κ1) is 12.8. The Kier molecular flexibility index (Phi) is 3.78. The zero-order valence-electron chi connectivity index (χ0n) is 10.1. The third kappa shape index (κ3) is 2.96. The first-order chi connectivity index (χ1) is 8.58. The van der Waals surface area contributed by atoms with Crippen molar-refractivity contribution < 1.29 is 4.74 Å². The van der Waals surface area contributed by atoms with Gasteiger partial charge in [0.2, 0.25) is 11.8 Å². The van der Waals surface area contributed by atoms with Crippen LogP contribution in [0.3, 0.4) is 0 Å².